The quantitative estimate of drug-likeness (QED) is 0.110. The lowest BCUT2D eigenvalue weighted by Gasteiger charge is -2.16. The minimum Gasteiger partial charge on any atom is -0.488 e. The standard InChI is InChI=1S/C25H21BrCl2N4O3S/c1-15-4-3-5-20(10-15)32-16(2)29-30-25(32)36-24(13-31(33)34)17-7-9-23(21(26)11-17)35-14-18-6-8-19(27)12-22(18)28/h3-12,24H,13-14H2,1-2H3/t24-/m0/s1. The molecule has 3 aromatic carbocycles. The molecule has 0 aliphatic rings. The average molecular weight is 608 g/mol. The van der Waals surface area contributed by atoms with Crippen LogP contribution in [0.4, 0.5) is 0 Å². The van der Waals surface area contributed by atoms with Gasteiger partial charge in [0.2, 0.25) is 6.54 Å². The van der Waals surface area contributed by atoms with Crippen LogP contribution in [0.15, 0.2) is 70.3 Å². The Balaban J connectivity index is 1.58. The fourth-order valence-electron chi connectivity index (χ4n) is 3.59. The molecule has 4 aromatic rings. The predicted molar refractivity (Wildman–Crippen MR) is 146 cm³/mol. The van der Waals surface area contributed by atoms with Crippen molar-refractivity contribution >= 4 is 50.9 Å². The van der Waals surface area contributed by atoms with Gasteiger partial charge in [-0.05, 0) is 77.3 Å². The van der Waals surface area contributed by atoms with E-state index in [-0.39, 0.29) is 18.1 Å². The van der Waals surface area contributed by atoms with Gasteiger partial charge in [0, 0.05) is 26.2 Å². The minimum atomic E-state index is -0.497. The zero-order chi connectivity index (χ0) is 25.8. The molecule has 1 aromatic heterocycles. The molecule has 0 N–H and O–H groups in total. The summed E-state index contributed by atoms with van der Waals surface area (Å²) >= 11 is 17.0. The third kappa shape index (κ3) is 6.39. The molecule has 4 rings (SSSR count). The average Bonchev–Trinajstić information content (AvgIpc) is 3.18. The van der Waals surface area contributed by atoms with Crippen LogP contribution in [0.3, 0.4) is 0 Å². The van der Waals surface area contributed by atoms with Crippen LogP contribution in [0.2, 0.25) is 10.0 Å². The van der Waals surface area contributed by atoms with E-state index in [1.54, 1.807) is 18.2 Å². The molecule has 0 unspecified atom stereocenters. The fraction of sp³-hybridized carbons (Fsp3) is 0.200. The molecule has 0 aliphatic heterocycles. The van der Waals surface area contributed by atoms with Gasteiger partial charge in [-0.15, -0.1) is 10.2 Å². The van der Waals surface area contributed by atoms with E-state index in [1.807, 2.05) is 60.9 Å². The summed E-state index contributed by atoms with van der Waals surface area (Å²) in [6, 6.07) is 18.6. The number of rotatable bonds is 9. The molecule has 0 saturated carbocycles. The van der Waals surface area contributed by atoms with E-state index in [9.17, 15) is 10.1 Å². The third-order valence-electron chi connectivity index (χ3n) is 5.34. The van der Waals surface area contributed by atoms with Crippen molar-refractivity contribution in [2.75, 3.05) is 6.54 Å². The maximum atomic E-state index is 11.5. The molecule has 0 spiro atoms. The van der Waals surface area contributed by atoms with Crippen LogP contribution in [0.25, 0.3) is 5.69 Å². The highest BCUT2D eigenvalue weighted by molar-refractivity contribution is 9.10. The van der Waals surface area contributed by atoms with Crippen molar-refractivity contribution in [2.45, 2.75) is 30.9 Å². The Morgan fingerprint density at radius 2 is 1.92 bits per heavy atom. The molecule has 0 bridgehead atoms. The van der Waals surface area contributed by atoms with Crippen LogP contribution in [0.5, 0.6) is 5.75 Å². The molecule has 0 fully saturated rings. The number of aryl methyl sites for hydroxylation is 2. The number of hydrogen-bond acceptors (Lipinski definition) is 6. The van der Waals surface area contributed by atoms with Gasteiger partial charge in [0.1, 0.15) is 23.4 Å². The van der Waals surface area contributed by atoms with Crippen molar-refractivity contribution in [3.05, 3.63) is 108 Å². The summed E-state index contributed by atoms with van der Waals surface area (Å²) < 4.78 is 8.51. The van der Waals surface area contributed by atoms with E-state index in [4.69, 9.17) is 27.9 Å². The summed E-state index contributed by atoms with van der Waals surface area (Å²) in [6.45, 7) is 3.84. The smallest absolute Gasteiger partial charge is 0.220 e. The number of ether oxygens (including phenoxy) is 1. The van der Waals surface area contributed by atoms with Crippen LogP contribution in [0, 0.1) is 24.0 Å². The van der Waals surface area contributed by atoms with Crippen molar-refractivity contribution in [3.8, 4) is 11.4 Å². The van der Waals surface area contributed by atoms with Crippen molar-refractivity contribution in [2.24, 2.45) is 0 Å². The van der Waals surface area contributed by atoms with Gasteiger partial charge < -0.3 is 4.74 Å². The zero-order valence-corrected chi connectivity index (χ0v) is 23.2. The van der Waals surface area contributed by atoms with Crippen molar-refractivity contribution in [1.29, 1.82) is 0 Å². The van der Waals surface area contributed by atoms with E-state index in [0.717, 1.165) is 22.4 Å². The molecule has 1 atom stereocenters. The Bertz CT molecular complexity index is 1420. The first-order valence-electron chi connectivity index (χ1n) is 10.8. The third-order valence-corrected chi connectivity index (χ3v) is 7.73. The zero-order valence-electron chi connectivity index (χ0n) is 19.3. The molecule has 0 saturated heterocycles. The summed E-state index contributed by atoms with van der Waals surface area (Å²) in [5, 5.41) is 21.2. The summed E-state index contributed by atoms with van der Waals surface area (Å²) in [5.41, 5.74) is 3.56. The predicted octanol–water partition coefficient (Wildman–Crippen LogP) is 7.64. The van der Waals surface area contributed by atoms with Gasteiger partial charge in [0.25, 0.3) is 0 Å². The van der Waals surface area contributed by atoms with E-state index in [1.165, 1.54) is 11.8 Å². The monoisotopic (exact) mass is 606 g/mol. The first-order chi connectivity index (χ1) is 17.2. The Labute approximate surface area is 231 Å². The first kappa shape index (κ1) is 26.5. The van der Waals surface area contributed by atoms with Gasteiger partial charge in [-0.1, -0.05) is 59.2 Å². The van der Waals surface area contributed by atoms with Gasteiger partial charge in [-0.25, -0.2) is 0 Å². The highest BCUT2D eigenvalue weighted by Crippen LogP contribution is 2.39. The lowest BCUT2D eigenvalue weighted by molar-refractivity contribution is -0.479. The van der Waals surface area contributed by atoms with Crippen molar-refractivity contribution < 1.29 is 9.66 Å². The van der Waals surface area contributed by atoms with Crippen molar-refractivity contribution in [1.82, 2.24) is 14.8 Å². The van der Waals surface area contributed by atoms with Gasteiger partial charge in [0.15, 0.2) is 5.16 Å². The van der Waals surface area contributed by atoms with Gasteiger partial charge in [0.05, 0.1) is 4.47 Å². The summed E-state index contributed by atoms with van der Waals surface area (Å²) in [7, 11) is 0. The number of benzene rings is 3. The summed E-state index contributed by atoms with van der Waals surface area (Å²) in [6.07, 6.45) is 0. The fourth-order valence-corrected chi connectivity index (χ4v) is 5.72. The molecule has 0 aliphatic carbocycles. The molecular weight excluding hydrogens is 587 g/mol. The topological polar surface area (TPSA) is 83.1 Å². The molecule has 36 heavy (non-hydrogen) atoms. The number of hydrogen-bond donors (Lipinski definition) is 0. The summed E-state index contributed by atoms with van der Waals surface area (Å²) in [4.78, 5) is 11.2. The molecular formula is C25H21BrCl2N4O3S. The lowest BCUT2D eigenvalue weighted by Crippen LogP contribution is -2.11. The van der Waals surface area contributed by atoms with Crippen LogP contribution < -0.4 is 4.74 Å². The Morgan fingerprint density at radius 3 is 2.61 bits per heavy atom. The largest absolute Gasteiger partial charge is 0.488 e. The summed E-state index contributed by atoms with van der Waals surface area (Å²) in [5.74, 6) is 1.29. The van der Waals surface area contributed by atoms with Crippen LogP contribution in [0.1, 0.15) is 27.8 Å². The molecule has 11 heteroatoms. The highest BCUT2D eigenvalue weighted by Gasteiger charge is 2.24. The Hall–Kier alpha value is -2.59. The number of halogens is 3. The molecule has 0 radical (unpaired) electrons. The van der Waals surface area contributed by atoms with E-state index < -0.39 is 5.25 Å². The van der Waals surface area contributed by atoms with E-state index >= 15 is 0 Å². The first-order valence-corrected chi connectivity index (χ1v) is 13.3. The normalized spacial score (nSPS) is 11.9. The Morgan fingerprint density at radius 1 is 1.11 bits per heavy atom. The van der Waals surface area contributed by atoms with Crippen LogP contribution in [-0.4, -0.2) is 26.2 Å². The van der Waals surface area contributed by atoms with Crippen LogP contribution >= 0.6 is 50.9 Å². The minimum absolute atomic E-state index is 0.250. The number of nitrogens with zero attached hydrogens (tertiary/aromatic N) is 4. The number of nitro groups is 1. The van der Waals surface area contributed by atoms with Gasteiger partial charge in [-0.2, -0.15) is 0 Å². The molecule has 1 heterocycles. The van der Waals surface area contributed by atoms with Crippen LogP contribution in [-0.2, 0) is 6.61 Å². The highest BCUT2D eigenvalue weighted by atomic mass is 79.9. The second kappa shape index (κ2) is 11.6. The maximum absolute atomic E-state index is 11.5. The van der Waals surface area contributed by atoms with Gasteiger partial charge in [-0.3, -0.25) is 14.7 Å². The molecule has 7 nitrogen and oxygen atoms in total. The van der Waals surface area contributed by atoms with E-state index in [0.29, 0.717) is 31.2 Å². The van der Waals surface area contributed by atoms with Crippen molar-refractivity contribution in [3.63, 3.8) is 0 Å². The second-order valence-corrected chi connectivity index (χ2v) is 10.9. The Kier molecular flexibility index (Phi) is 8.56. The lowest BCUT2D eigenvalue weighted by atomic mass is 10.1. The number of aromatic nitrogens is 3. The molecule has 0 amide bonds. The second-order valence-electron chi connectivity index (χ2n) is 8.04. The van der Waals surface area contributed by atoms with E-state index in [2.05, 4.69) is 26.1 Å². The number of thioether (sulfide) groups is 1. The SMILES string of the molecule is Cc1cccc(-n2c(C)nnc2S[C@@H](C[N+](=O)[O-])c2ccc(OCc3ccc(Cl)cc3Cl)c(Br)c2)c1. The maximum Gasteiger partial charge on any atom is 0.220 e. The van der Waals surface area contributed by atoms with Gasteiger partial charge >= 0.3 is 0 Å². The molecule has 186 valence electrons.